The summed E-state index contributed by atoms with van der Waals surface area (Å²) < 4.78 is 83.3. The Labute approximate surface area is 240 Å². The molecule has 2 aromatic carbocycles. The average Bonchev–Trinajstić information content (AvgIpc) is 3.24. The van der Waals surface area contributed by atoms with Crippen molar-refractivity contribution in [2.24, 2.45) is 0 Å². The SMILES string of the molecule is O=C(OC(=O)C(F)(F)F)c1cc(Cl)c(OCC(F)F)cc1OC[C@@H](O)CN1CCC2(CC1)Cc1cc(Cl)ccc1O2. The van der Waals surface area contributed by atoms with Gasteiger partial charge in [-0.1, -0.05) is 23.2 Å². The van der Waals surface area contributed by atoms with E-state index in [0.717, 1.165) is 23.4 Å². The number of ether oxygens (including phenoxy) is 4. The maximum Gasteiger partial charge on any atom is 0.491 e. The molecule has 0 aliphatic carbocycles. The van der Waals surface area contributed by atoms with Gasteiger partial charge in [0.15, 0.2) is 0 Å². The Morgan fingerprint density at radius 3 is 2.39 bits per heavy atom. The van der Waals surface area contributed by atoms with Crippen molar-refractivity contribution >= 4 is 35.1 Å². The third kappa shape index (κ3) is 7.91. The molecule has 0 amide bonds. The lowest BCUT2D eigenvalue weighted by Gasteiger charge is -2.39. The highest BCUT2D eigenvalue weighted by Crippen LogP contribution is 2.42. The number of carbonyl (C=O) groups is 2. The Bertz CT molecular complexity index is 1290. The highest BCUT2D eigenvalue weighted by molar-refractivity contribution is 6.32. The van der Waals surface area contributed by atoms with Gasteiger partial charge in [0, 0.05) is 50.0 Å². The van der Waals surface area contributed by atoms with E-state index >= 15 is 0 Å². The molecule has 0 unspecified atom stereocenters. The predicted molar refractivity (Wildman–Crippen MR) is 135 cm³/mol. The molecule has 0 saturated carbocycles. The molecule has 1 spiro atoms. The lowest BCUT2D eigenvalue weighted by Crippen LogP contribution is -2.49. The van der Waals surface area contributed by atoms with Gasteiger partial charge in [0.2, 0.25) is 0 Å². The normalized spacial score (nSPS) is 17.2. The van der Waals surface area contributed by atoms with Crippen LogP contribution in [0, 0.1) is 0 Å². The number of fused-ring (bicyclic) bond motifs is 1. The van der Waals surface area contributed by atoms with Crippen molar-refractivity contribution in [3.05, 3.63) is 51.5 Å². The van der Waals surface area contributed by atoms with E-state index in [-0.39, 0.29) is 17.9 Å². The molecule has 1 saturated heterocycles. The average molecular weight is 628 g/mol. The topological polar surface area (TPSA) is 94.5 Å². The first-order valence-electron chi connectivity index (χ1n) is 12.3. The Kier molecular flexibility index (Phi) is 9.52. The first-order valence-corrected chi connectivity index (χ1v) is 13.1. The van der Waals surface area contributed by atoms with E-state index in [1.807, 2.05) is 17.0 Å². The molecule has 2 aromatic rings. The van der Waals surface area contributed by atoms with Gasteiger partial charge in [-0.05, 0) is 29.8 Å². The number of aliphatic hydroxyl groups excluding tert-OH is 1. The van der Waals surface area contributed by atoms with Crippen LogP contribution in [-0.4, -0.2) is 79.1 Å². The highest BCUT2D eigenvalue weighted by atomic mass is 35.5. The lowest BCUT2D eigenvalue weighted by molar-refractivity contribution is -0.193. The summed E-state index contributed by atoms with van der Waals surface area (Å²) in [5, 5.41) is 10.8. The third-order valence-corrected chi connectivity index (χ3v) is 7.10. The zero-order chi connectivity index (χ0) is 29.9. The van der Waals surface area contributed by atoms with E-state index in [4.69, 9.17) is 37.4 Å². The van der Waals surface area contributed by atoms with Crippen LogP contribution in [0.1, 0.15) is 28.8 Å². The number of piperidine rings is 1. The van der Waals surface area contributed by atoms with E-state index in [1.54, 1.807) is 6.07 Å². The number of hydrogen-bond acceptors (Lipinski definition) is 8. The largest absolute Gasteiger partial charge is 0.491 e. The quantitative estimate of drug-likeness (QED) is 0.233. The van der Waals surface area contributed by atoms with Gasteiger partial charge < -0.3 is 29.0 Å². The monoisotopic (exact) mass is 627 g/mol. The van der Waals surface area contributed by atoms with E-state index in [0.29, 0.717) is 37.4 Å². The number of halogens is 7. The first kappa shape index (κ1) is 31.1. The zero-order valence-corrected chi connectivity index (χ0v) is 22.7. The van der Waals surface area contributed by atoms with E-state index in [1.165, 1.54) is 0 Å². The summed E-state index contributed by atoms with van der Waals surface area (Å²) in [6, 6.07) is 7.12. The van der Waals surface area contributed by atoms with Crippen LogP contribution in [0.3, 0.4) is 0 Å². The maximum atomic E-state index is 12.6. The molecule has 2 heterocycles. The van der Waals surface area contributed by atoms with Crippen LogP contribution in [0.25, 0.3) is 0 Å². The summed E-state index contributed by atoms with van der Waals surface area (Å²) in [4.78, 5) is 25.4. The van der Waals surface area contributed by atoms with Crippen molar-refractivity contribution in [3.8, 4) is 17.2 Å². The second kappa shape index (κ2) is 12.6. The molecular weight excluding hydrogens is 604 g/mol. The van der Waals surface area contributed by atoms with Gasteiger partial charge in [-0.2, -0.15) is 13.2 Å². The molecule has 41 heavy (non-hydrogen) atoms. The molecule has 1 N–H and O–H groups in total. The number of esters is 2. The summed E-state index contributed by atoms with van der Waals surface area (Å²) in [6.45, 7) is -0.212. The van der Waals surface area contributed by atoms with E-state index < -0.39 is 60.2 Å². The van der Waals surface area contributed by atoms with Gasteiger partial charge in [-0.15, -0.1) is 0 Å². The van der Waals surface area contributed by atoms with Crippen molar-refractivity contribution in [3.63, 3.8) is 0 Å². The van der Waals surface area contributed by atoms with Crippen LogP contribution in [0.15, 0.2) is 30.3 Å². The van der Waals surface area contributed by atoms with Gasteiger partial charge >= 0.3 is 18.1 Å². The molecule has 224 valence electrons. The van der Waals surface area contributed by atoms with Crippen LogP contribution in [-0.2, 0) is 16.0 Å². The van der Waals surface area contributed by atoms with E-state index in [9.17, 15) is 36.6 Å². The van der Waals surface area contributed by atoms with Gasteiger partial charge in [0.25, 0.3) is 6.43 Å². The van der Waals surface area contributed by atoms with Crippen molar-refractivity contribution in [2.75, 3.05) is 32.8 Å². The number of aliphatic hydroxyl groups is 1. The Morgan fingerprint density at radius 1 is 1.05 bits per heavy atom. The van der Waals surface area contributed by atoms with E-state index in [2.05, 4.69) is 4.74 Å². The fourth-order valence-corrected chi connectivity index (χ4v) is 5.05. The molecule has 2 aliphatic rings. The molecule has 0 radical (unpaired) electrons. The fraction of sp³-hybridized carbons (Fsp3) is 0.462. The van der Waals surface area contributed by atoms with Gasteiger partial charge in [0.05, 0.1) is 5.02 Å². The van der Waals surface area contributed by atoms with Gasteiger partial charge in [-0.25, -0.2) is 18.4 Å². The first-order chi connectivity index (χ1) is 19.2. The van der Waals surface area contributed by atoms with Crippen molar-refractivity contribution < 1.29 is 55.6 Å². The standard InChI is InChI=1S/C26H24Cl2F5NO7/c27-15-1-2-19-14(7-15)10-25(41-19)3-5-34(6-4-25)11-16(35)12-38-20-9-21(39-13-22(29)30)18(28)8-17(20)23(36)40-24(37)26(31,32)33/h1-2,7-9,16,22,35H,3-6,10-13H2/t16-/m0/s1. The zero-order valence-electron chi connectivity index (χ0n) is 21.2. The van der Waals surface area contributed by atoms with Gasteiger partial charge in [-0.3, -0.25) is 0 Å². The lowest BCUT2D eigenvalue weighted by atomic mass is 9.87. The van der Waals surface area contributed by atoms with Crippen molar-refractivity contribution in [1.29, 1.82) is 0 Å². The number of rotatable bonds is 9. The van der Waals surface area contributed by atoms with Crippen LogP contribution < -0.4 is 14.2 Å². The number of alkyl halides is 5. The highest BCUT2D eigenvalue weighted by Gasteiger charge is 2.43. The summed E-state index contributed by atoms with van der Waals surface area (Å²) in [7, 11) is 0. The maximum absolute atomic E-state index is 12.6. The fourth-order valence-electron chi connectivity index (χ4n) is 4.63. The number of carbonyl (C=O) groups excluding carboxylic acids is 2. The molecule has 1 fully saturated rings. The summed E-state index contributed by atoms with van der Waals surface area (Å²) in [5.41, 5.74) is -0.0425. The molecular formula is C26H24Cl2F5NO7. The van der Waals surface area contributed by atoms with Crippen LogP contribution >= 0.6 is 23.2 Å². The smallest absolute Gasteiger partial charge is 0.490 e. The minimum absolute atomic E-state index is 0.142. The second-order valence-electron chi connectivity index (χ2n) is 9.63. The molecule has 0 bridgehead atoms. The Balaban J connectivity index is 1.37. The molecule has 8 nitrogen and oxygen atoms in total. The van der Waals surface area contributed by atoms with Crippen LogP contribution in [0.2, 0.25) is 10.0 Å². The minimum atomic E-state index is -5.45. The number of β-amino-alcohol motifs (C(OH)–C–C–N with tert-alkyl or cyclic N) is 1. The summed E-state index contributed by atoms with van der Waals surface area (Å²) in [6.07, 6.45) is -7.40. The Hall–Kier alpha value is -2.87. The number of hydrogen-bond donors (Lipinski definition) is 1. The van der Waals surface area contributed by atoms with Crippen LogP contribution in [0.5, 0.6) is 17.2 Å². The number of benzene rings is 2. The summed E-state index contributed by atoms with van der Waals surface area (Å²) >= 11 is 12.0. The summed E-state index contributed by atoms with van der Waals surface area (Å²) in [5.74, 6) is -4.59. The Morgan fingerprint density at radius 2 is 1.73 bits per heavy atom. The predicted octanol–water partition coefficient (Wildman–Crippen LogP) is 5.09. The number of nitrogens with zero attached hydrogens (tertiary/aromatic N) is 1. The molecule has 4 rings (SSSR count). The minimum Gasteiger partial charge on any atom is -0.490 e. The van der Waals surface area contributed by atoms with Crippen molar-refractivity contribution in [1.82, 2.24) is 4.90 Å². The van der Waals surface area contributed by atoms with Crippen LogP contribution in [0.4, 0.5) is 22.0 Å². The van der Waals surface area contributed by atoms with Crippen molar-refractivity contribution in [2.45, 2.75) is 43.6 Å². The third-order valence-electron chi connectivity index (χ3n) is 6.56. The second-order valence-corrected chi connectivity index (χ2v) is 10.5. The molecule has 0 aromatic heterocycles. The molecule has 15 heteroatoms. The molecule has 1 atom stereocenters. The number of likely N-dealkylation sites (tertiary alicyclic amines) is 1. The van der Waals surface area contributed by atoms with Gasteiger partial charge in [0.1, 0.15) is 47.7 Å². The molecule has 2 aliphatic heterocycles.